The van der Waals surface area contributed by atoms with Crippen LogP contribution in [0.3, 0.4) is 0 Å². The molecule has 1 aromatic rings. The molecule has 1 aromatic heterocycles. The minimum absolute atomic E-state index is 0.198. The Balaban J connectivity index is 2.66. The van der Waals surface area contributed by atoms with Crippen molar-refractivity contribution in [3.63, 3.8) is 0 Å². The van der Waals surface area contributed by atoms with Crippen LogP contribution in [0.5, 0.6) is 0 Å². The molecule has 0 saturated heterocycles. The highest BCUT2D eigenvalue weighted by molar-refractivity contribution is 7.14. The number of anilines is 1. The van der Waals surface area contributed by atoms with Crippen LogP contribution < -0.4 is 10.6 Å². The van der Waals surface area contributed by atoms with Crippen molar-refractivity contribution in [2.75, 3.05) is 18.0 Å². The summed E-state index contributed by atoms with van der Waals surface area (Å²) in [5.41, 5.74) is 5.17. The highest BCUT2D eigenvalue weighted by atomic mass is 35.5. The zero-order valence-electron chi connectivity index (χ0n) is 8.57. The maximum absolute atomic E-state index is 10.9. The molecule has 0 unspecified atom stereocenters. The zero-order valence-corrected chi connectivity index (χ0v) is 10.1. The van der Waals surface area contributed by atoms with Crippen molar-refractivity contribution in [2.24, 2.45) is 5.73 Å². The third kappa shape index (κ3) is 4.05. The van der Waals surface area contributed by atoms with Crippen molar-refractivity contribution in [1.82, 2.24) is 4.98 Å². The summed E-state index contributed by atoms with van der Waals surface area (Å²) in [6.07, 6.45) is 2.07. The number of aromatic nitrogens is 1. The molecule has 0 radical (unpaired) electrons. The summed E-state index contributed by atoms with van der Waals surface area (Å²) < 4.78 is 0. The van der Waals surface area contributed by atoms with Gasteiger partial charge in [0.15, 0.2) is 5.13 Å². The van der Waals surface area contributed by atoms with Gasteiger partial charge in [-0.1, -0.05) is 24.9 Å². The Morgan fingerprint density at radius 1 is 1.73 bits per heavy atom. The zero-order chi connectivity index (χ0) is 11.3. The van der Waals surface area contributed by atoms with Gasteiger partial charge in [-0.2, -0.15) is 0 Å². The predicted octanol–water partition coefficient (Wildman–Crippen LogP) is 1.89. The first kappa shape index (κ1) is 12.3. The Kier molecular flexibility index (Phi) is 4.84. The van der Waals surface area contributed by atoms with Gasteiger partial charge in [0.1, 0.15) is 5.15 Å². The lowest BCUT2D eigenvalue weighted by molar-refractivity contribution is -0.116. The van der Waals surface area contributed by atoms with Gasteiger partial charge >= 0.3 is 0 Å². The van der Waals surface area contributed by atoms with E-state index in [0.29, 0.717) is 5.15 Å². The lowest BCUT2D eigenvalue weighted by atomic mass is 10.3. The van der Waals surface area contributed by atoms with E-state index in [2.05, 4.69) is 11.9 Å². The maximum Gasteiger partial charge on any atom is 0.237 e. The quantitative estimate of drug-likeness (QED) is 0.835. The lowest BCUT2D eigenvalue weighted by Crippen LogP contribution is -2.34. The van der Waals surface area contributed by atoms with Crippen molar-refractivity contribution < 1.29 is 4.79 Å². The van der Waals surface area contributed by atoms with Crippen molar-refractivity contribution >= 4 is 34.0 Å². The van der Waals surface area contributed by atoms with E-state index in [1.807, 2.05) is 4.90 Å². The van der Waals surface area contributed by atoms with E-state index in [-0.39, 0.29) is 12.5 Å². The minimum atomic E-state index is -0.350. The molecule has 1 rings (SSSR count). The number of carbonyl (C=O) groups is 1. The molecule has 0 atom stereocenters. The molecule has 6 heteroatoms. The second kappa shape index (κ2) is 5.92. The first-order valence-corrected chi connectivity index (χ1v) is 6.03. The van der Waals surface area contributed by atoms with Crippen LogP contribution in [-0.2, 0) is 4.79 Å². The van der Waals surface area contributed by atoms with Crippen LogP contribution >= 0.6 is 22.9 Å². The van der Waals surface area contributed by atoms with Gasteiger partial charge in [-0.05, 0) is 6.42 Å². The molecule has 0 bridgehead atoms. The smallest absolute Gasteiger partial charge is 0.237 e. The molecule has 1 heterocycles. The highest BCUT2D eigenvalue weighted by Gasteiger charge is 2.12. The molecule has 0 aromatic carbocycles. The molecule has 0 aliphatic carbocycles. The van der Waals surface area contributed by atoms with E-state index in [4.69, 9.17) is 17.3 Å². The molecule has 0 aliphatic rings. The highest BCUT2D eigenvalue weighted by Crippen LogP contribution is 2.23. The van der Waals surface area contributed by atoms with Gasteiger partial charge in [-0.25, -0.2) is 4.98 Å². The number of halogens is 1. The first-order valence-electron chi connectivity index (χ1n) is 4.77. The number of hydrogen-bond donors (Lipinski definition) is 1. The van der Waals surface area contributed by atoms with Gasteiger partial charge in [-0.3, -0.25) is 4.79 Å². The number of rotatable bonds is 6. The Morgan fingerprint density at radius 2 is 2.47 bits per heavy atom. The number of unbranched alkanes of at least 4 members (excludes halogenated alkanes) is 1. The monoisotopic (exact) mass is 247 g/mol. The van der Waals surface area contributed by atoms with Crippen LogP contribution in [0.4, 0.5) is 5.13 Å². The topological polar surface area (TPSA) is 59.2 Å². The number of carbonyl (C=O) groups excluding carboxylic acids is 1. The Bertz CT molecular complexity index is 329. The number of thiazole rings is 1. The van der Waals surface area contributed by atoms with Gasteiger partial charge in [0, 0.05) is 11.9 Å². The normalized spacial score (nSPS) is 10.3. The molecule has 0 spiro atoms. The molecule has 1 amide bonds. The van der Waals surface area contributed by atoms with Crippen molar-refractivity contribution in [3.05, 3.63) is 10.5 Å². The molecular formula is C9H14ClN3OS. The van der Waals surface area contributed by atoms with E-state index in [9.17, 15) is 4.79 Å². The molecule has 0 saturated carbocycles. The summed E-state index contributed by atoms with van der Waals surface area (Å²) >= 11 is 7.16. The SMILES string of the molecule is CCCCN(CC(N)=O)c1nc(Cl)cs1. The number of amides is 1. The average molecular weight is 248 g/mol. The van der Waals surface area contributed by atoms with Gasteiger partial charge in [0.05, 0.1) is 6.54 Å². The average Bonchev–Trinajstić information content (AvgIpc) is 2.58. The Labute approximate surface area is 98.0 Å². The van der Waals surface area contributed by atoms with E-state index < -0.39 is 0 Å². The summed E-state index contributed by atoms with van der Waals surface area (Å²) in [6, 6.07) is 0. The predicted molar refractivity (Wildman–Crippen MR) is 63.4 cm³/mol. The van der Waals surface area contributed by atoms with E-state index >= 15 is 0 Å². The van der Waals surface area contributed by atoms with Crippen molar-refractivity contribution in [1.29, 1.82) is 0 Å². The molecule has 4 nitrogen and oxygen atoms in total. The fourth-order valence-electron chi connectivity index (χ4n) is 1.17. The molecule has 15 heavy (non-hydrogen) atoms. The van der Waals surface area contributed by atoms with Gasteiger partial charge < -0.3 is 10.6 Å². The summed E-state index contributed by atoms with van der Waals surface area (Å²) in [7, 11) is 0. The van der Waals surface area contributed by atoms with Crippen LogP contribution in [0.2, 0.25) is 5.15 Å². The second-order valence-electron chi connectivity index (χ2n) is 3.19. The minimum Gasteiger partial charge on any atom is -0.368 e. The maximum atomic E-state index is 10.9. The van der Waals surface area contributed by atoms with Crippen LogP contribution in [0.25, 0.3) is 0 Å². The number of nitrogens with zero attached hydrogens (tertiary/aromatic N) is 2. The largest absolute Gasteiger partial charge is 0.368 e. The van der Waals surface area contributed by atoms with Crippen molar-refractivity contribution in [2.45, 2.75) is 19.8 Å². The van der Waals surface area contributed by atoms with E-state index in [1.165, 1.54) is 11.3 Å². The number of nitrogens with two attached hydrogens (primary N) is 1. The van der Waals surface area contributed by atoms with Gasteiger partial charge in [0.25, 0.3) is 0 Å². The molecule has 0 aliphatic heterocycles. The number of hydrogen-bond acceptors (Lipinski definition) is 4. The van der Waals surface area contributed by atoms with Crippen LogP contribution in [0, 0.1) is 0 Å². The summed E-state index contributed by atoms with van der Waals surface area (Å²) in [5, 5.41) is 2.96. The fourth-order valence-corrected chi connectivity index (χ4v) is 2.15. The summed E-state index contributed by atoms with van der Waals surface area (Å²) in [5.74, 6) is -0.350. The fraction of sp³-hybridized carbons (Fsp3) is 0.556. The van der Waals surface area contributed by atoms with E-state index in [1.54, 1.807) is 5.38 Å². The summed E-state index contributed by atoms with van der Waals surface area (Å²) in [4.78, 5) is 16.9. The lowest BCUT2D eigenvalue weighted by Gasteiger charge is -2.19. The van der Waals surface area contributed by atoms with Crippen LogP contribution in [0.1, 0.15) is 19.8 Å². The van der Waals surface area contributed by atoms with Crippen LogP contribution in [0.15, 0.2) is 5.38 Å². The first-order chi connectivity index (χ1) is 7.13. The third-order valence-electron chi connectivity index (χ3n) is 1.86. The Hall–Kier alpha value is -0.810. The second-order valence-corrected chi connectivity index (χ2v) is 4.42. The van der Waals surface area contributed by atoms with Gasteiger partial charge in [0.2, 0.25) is 5.91 Å². The third-order valence-corrected chi connectivity index (χ3v) is 3.09. The molecule has 0 fully saturated rings. The van der Waals surface area contributed by atoms with E-state index in [0.717, 1.165) is 24.5 Å². The Morgan fingerprint density at radius 3 is 2.93 bits per heavy atom. The molecule has 84 valence electrons. The van der Waals surface area contributed by atoms with Gasteiger partial charge in [-0.15, -0.1) is 11.3 Å². The number of primary amides is 1. The molecule has 2 N–H and O–H groups in total. The summed E-state index contributed by atoms with van der Waals surface area (Å²) in [6.45, 7) is 3.07. The van der Waals surface area contributed by atoms with Crippen molar-refractivity contribution in [3.8, 4) is 0 Å². The molecular weight excluding hydrogens is 234 g/mol. The van der Waals surface area contributed by atoms with Crippen LogP contribution in [-0.4, -0.2) is 24.0 Å². The standard InChI is InChI=1S/C9H14ClN3OS/c1-2-3-4-13(5-8(11)14)9-12-7(10)6-15-9/h6H,2-5H2,1H3,(H2,11,14).